The molecule has 1 atom stereocenters. The van der Waals surface area contributed by atoms with Crippen molar-refractivity contribution in [2.45, 2.75) is 12.2 Å². The van der Waals surface area contributed by atoms with Gasteiger partial charge in [-0.15, -0.1) is 0 Å². The van der Waals surface area contributed by atoms with Crippen molar-refractivity contribution < 1.29 is 18.3 Å². The lowest BCUT2D eigenvalue weighted by atomic mass is 10.1. The third-order valence-electron chi connectivity index (χ3n) is 2.91. The predicted octanol–water partition coefficient (Wildman–Crippen LogP) is 0.878. The summed E-state index contributed by atoms with van der Waals surface area (Å²) in [6.07, 6.45) is -0.853. The number of hydrogen-bond donors (Lipinski definition) is 2. The van der Waals surface area contributed by atoms with Crippen LogP contribution < -0.4 is 10.1 Å². The van der Waals surface area contributed by atoms with Crippen molar-refractivity contribution in [3.63, 3.8) is 0 Å². The molecule has 1 aliphatic heterocycles. The molecule has 1 saturated heterocycles. The maximum Gasteiger partial charge on any atom is 0.157 e. The van der Waals surface area contributed by atoms with Crippen LogP contribution in [0.1, 0.15) is 11.7 Å². The van der Waals surface area contributed by atoms with Gasteiger partial charge in [0.1, 0.15) is 11.9 Å². The minimum atomic E-state index is -2.88. The van der Waals surface area contributed by atoms with Gasteiger partial charge in [-0.25, -0.2) is 8.42 Å². The van der Waals surface area contributed by atoms with E-state index in [1.165, 1.54) is 0 Å². The van der Waals surface area contributed by atoms with E-state index >= 15 is 0 Å². The quantitative estimate of drug-likeness (QED) is 0.825. The summed E-state index contributed by atoms with van der Waals surface area (Å²) in [6.45, 7) is 0.466. The van der Waals surface area contributed by atoms with Crippen molar-refractivity contribution in [1.82, 2.24) is 5.32 Å². The molecule has 5 nitrogen and oxygen atoms in total. The highest BCUT2D eigenvalue weighted by Gasteiger charge is 2.35. The maximum atomic E-state index is 11.1. The molecule has 1 fully saturated rings. The van der Waals surface area contributed by atoms with E-state index in [0.717, 1.165) is 5.56 Å². The number of ether oxygens (including phenoxy) is 1. The topological polar surface area (TPSA) is 75.6 Å². The van der Waals surface area contributed by atoms with Gasteiger partial charge >= 0.3 is 0 Å². The molecule has 0 aromatic heterocycles. The highest BCUT2D eigenvalue weighted by atomic mass is 79.9. The monoisotopic (exact) mass is 349 g/mol. The molecule has 19 heavy (non-hydrogen) atoms. The number of sulfone groups is 1. The standard InChI is InChI=1S/C12H16BrNO4S/c1-14-5-11(15)8-2-3-12(10(13)4-8)18-9-6-19(16,17)7-9/h2-4,9,11,14-15H,5-7H2,1H3. The molecule has 0 bridgehead atoms. The molecule has 1 aromatic rings. The average Bonchev–Trinajstić information content (AvgIpc) is 2.29. The Hall–Kier alpha value is -0.630. The van der Waals surface area contributed by atoms with E-state index in [1.807, 2.05) is 0 Å². The number of halogens is 1. The lowest BCUT2D eigenvalue weighted by molar-refractivity contribution is 0.177. The molecule has 0 amide bonds. The molecule has 1 aromatic carbocycles. The van der Waals surface area contributed by atoms with Gasteiger partial charge in [0.15, 0.2) is 9.84 Å². The minimum Gasteiger partial charge on any atom is -0.487 e. The molecular formula is C12H16BrNO4S. The molecule has 7 heteroatoms. The van der Waals surface area contributed by atoms with Crippen LogP contribution in [0.3, 0.4) is 0 Å². The molecule has 0 radical (unpaired) electrons. The van der Waals surface area contributed by atoms with Gasteiger partial charge in [0, 0.05) is 6.54 Å². The summed E-state index contributed by atoms with van der Waals surface area (Å²) in [5.41, 5.74) is 0.773. The second kappa shape index (κ2) is 5.78. The van der Waals surface area contributed by atoms with Gasteiger partial charge in [0.25, 0.3) is 0 Å². The first-order valence-electron chi connectivity index (χ1n) is 5.90. The third kappa shape index (κ3) is 3.68. The number of aliphatic hydroxyl groups is 1. The maximum absolute atomic E-state index is 11.1. The van der Waals surface area contributed by atoms with Gasteiger partial charge < -0.3 is 15.2 Å². The van der Waals surface area contributed by atoms with Crippen molar-refractivity contribution in [2.75, 3.05) is 25.1 Å². The van der Waals surface area contributed by atoms with Crippen LogP contribution in [0.25, 0.3) is 0 Å². The molecule has 106 valence electrons. The van der Waals surface area contributed by atoms with Gasteiger partial charge in [-0.1, -0.05) is 6.07 Å². The molecule has 1 heterocycles. The van der Waals surface area contributed by atoms with Gasteiger partial charge in [0.2, 0.25) is 0 Å². The van der Waals surface area contributed by atoms with Crippen LogP contribution in [-0.4, -0.2) is 44.7 Å². The average molecular weight is 350 g/mol. The van der Waals surface area contributed by atoms with E-state index in [2.05, 4.69) is 21.2 Å². The van der Waals surface area contributed by atoms with E-state index in [0.29, 0.717) is 16.8 Å². The fourth-order valence-corrected chi connectivity index (χ4v) is 3.56. The summed E-state index contributed by atoms with van der Waals surface area (Å²) in [7, 11) is -1.11. The van der Waals surface area contributed by atoms with E-state index in [1.54, 1.807) is 25.2 Å². The van der Waals surface area contributed by atoms with Crippen LogP contribution >= 0.6 is 15.9 Å². The number of benzene rings is 1. The molecule has 0 spiro atoms. The predicted molar refractivity (Wildman–Crippen MR) is 76.1 cm³/mol. The lowest BCUT2D eigenvalue weighted by Crippen LogP contribution is -2.45. The van der Waals surface area contributed by atoms with Gasteiger partial charge in [-0.05, 0) is 40.7 Å². The van der Waals surface area contributed by atoms with Gasteiger partial charge in [0.05, 0.1) is 22.1 Å². The second-order valence-electron chi connectivity index (χ2n) is 4.58. The zero-order valence-corrected chi connectivity index (χ0v) is 12.9. The fourth-order valence-electron chi connectivity index (χ4n) is 1.90. The first-order chi connectivity index (χ1) is 8.91. The third-order valence-corrected chi connectivity index (χ3v) is 5.29. The molecule has 1 aliphatic rings. The first-order valence-corrected chi connectivity index (χ1v) is 8.52. The normalized spacial score (nSPS) is 19.7. The molecule has 0 aliphatic carbocycles. The number of nitrogens with one attached hydrogen (secondary N) is 1. The SMILES string of the molecule is CNCC(O)c1ccc(OC2CS(=O)(=O)C2)c(Br)c1. The number of hydrogen-bond acceptors (Lipinski definition) is 5. The van der Waals surface area contributed by atoms with Crippen molar-refractivity contribution in [2.24, 2.45) is 0 Å². The fraction of sp³-hybridized carbons (Fsp3) is 0.500. The number of aliphatic hydroxyl groups excluding tert-OH is 1. The minimum absolute atomic E-state index is 0.0730. The molecule has 0 saturated carbocycles. The summed E-state index contributed by atoms with van der Waals surface area (Å²) in [5.74, 6) is 0.743. The van der Waals surface area contributed by atoms with Crippen LogP contribution in [0.4, 0.5) is 0 Å². The number of likely N-dealkylation sites (N-methyl/N-ethyl adjacent to an activating group) is 1. The summed E-state index contributed by atoms with van der Waals surface area (Å²) >= 11 is 3.37. The zero-order chi connectivity index (χ0) is 14.0. The van der Waals surface area contributed by atoms with E-state index < -0.39 is 15.9 Å². The van der Waals surface area contributed by atoms with Crippen molar-refractivity contribution >= 4 is 25.8 Å². The Morgan fingerprint density at radius 2 is 2.21 bits per heavy atom. The first kappa shape index (κ1) is 14.8. The highest BCUT2D eigenvalue weighted by Crippen LogP contribution is 2.30. The Morgan fingerprint density at radius 3 is 2.74 bits per heavy atom. The summed E-state index contributed by atoms with van der Waals surface area (Å²) < 4.78 is 28.4. The van der Waals surface area contributed by atoms with Crippen molar-refractivity contribution in [3.05, 3.63) is 28.2 Å². The van der Waals surface area contributed by atoms with Crippen LogP contribution in [0, 0.1) is 0 Å². The van der Waals surface area contributed by atoms with Crippen LogP contribution in [0.15, 0.2) is 22.7 Å². The summed E-state index contributed by atoms with van der Waals surface area (Å²) in [4.78, 5) is 0. The largest absolute Gasteiger partial charge is 0.487 e. The van der Waals surface area contributed by atoms with Crippen molar-refractivity contribution in [1.29, 1.82) is 0 Å². The van der Waals surface area contributed by atoms with E-state index in [4.69, 9.17) is 4.74 Å². The smallest absolute Gasteiger partial charge is 0.157 e. The van der Waals surface area contributed by atoms with Crippen LogP contribution in [0.2, 0.25) is 0 Å². The summed E-state index contributed by atoms with van der Waals surface area (Å²) in [5, 5.41) is 12.7. The molecular weight excluding hydrogens is 334 g/mol. The van der Waals surface area contributed by atoms with Crippen molar-refractivity contribution in [3.8, 4) is 5.75 Å². The Bertz CT molecular complexity index is 549. The molecule has 2 rings (SSSR count). The molecule has 2 N–H and O–H groups in total. The van der Waals surface area contributed by atoms with Crippen LogP contribution in [0.5, 0.6) is 5.75 Å². The highest BCUT2D eigenvalue weighted by molar-refractivity contribution is 9.10. The Labute approximate surface area is 121 Å². The Morgan fingerprint density at radius 1 is 1.53 bits per heavy atom. The Kier molecular flexibility index (Phi) is 4.50. The molecule has 1 unspecified atom stereocenters. The summed E-state index contributed by atoms with van der Waals surface area (Å²) in [6, 6.07) is 5.29. The lowest BCUT2D eigenvalue weighted by Gasteiger charge is -2.27. The van der Waals surface area contributed by atoms with Gasteiger partial charge in [-0.2, -0.15) is 0 Å². The van der Waals surface area contributed by atoms with Gasteiger partial charge in [-0.3, -0.25) is 0 Å². The van der Waals surface area contributed by atoms with E-state index in [9.17, 15) is 13.5 Å². The Balaban J connectivity index is 2.03. The zero-order valence-electron chi connectivity index (χ0n) is 10.5. The second-order valence-corrected chi connectivity index (χ2v) is 7.59. The van der Waals surface area contributed by atoms with Crippen LogP contribution in [-0.2, 0) is 9.84 Å². The number of rotatable bonds is 5. The van der Waals surface area contributed by atoms with E-state index in [-0.39, 0.29) is 17.6 Å².